The van der Waals surface area contributed by atoms with Crippen LogP contribution in [-0.2, 0) is 12.8 Å². The second kappa shape index (κ2) is 7.05. The molecule has 1 aliphatic carbocycles. The van der Waals surface area contributed by atoms with E-state index in [1.807, 2.05) is 6.07 Å². The van der Waals surface area contributed by atoms with Gasteiger partial charge in [0.2, 0.25) is 0 Å². The largest absolute Gasteiger partial charge is 1.00 e. The van der Waals surface area contributed by atoms with Crippen LogP contribution in [0.1, 0.15) is 22.7 Å². The van der Waals surface area contributed by atoms with Gasteiger partial charge in [-0.3, -0.25) is 0 Å². The van der Waals surface area contributed by atoms with E-state index >= 15 is 0 Å². The molecule has 1 N–H and O–H groups in total. The number of likely N-dealkylation sites (N-methyl/N-ethyl adjacent to an activating group) is 1. The third-order valence-electron chi connectivity index (χ3n) is 6.04. The Hall–Kier alpha value is -1.67. The Kier molecular flexibility index (Phi) is 5.24. The number of phenols is 1. The number of hydrogen-bond donors (Lipinski definition) is 1. The zero-order chi connectivity index (χ0) is 18.6. The first-order valence-electron chi connectivity index (χ1n) is 8.92. The minimum atomic E-state index is 0. The second-order valence-corrected chi connectivity index (χ2v) is 7.68. The lowest BCUT2D eigenvalue weighted by molar-refractivity contribution is -0.923. The molecule has 6 heteroatoms. The normalized spacial score (nSPS) is 18.6. The van der Waals surface area contributed by atoms with Crippen LogP contribution in [0.25, 0.3) is 11.1 Å². The maximum absolute atomic E-state index is 10.9. The van der Waals surface area contributed by atoms with E-state index in [4.69, 9.17) is 14.2 Å². The van der Waals surface area contributed by atoms with Gasteiger partial charge in [0.05, 0.1) is 42.0 Å². The molecule has 0 saturated heterocycles. The van der Waals surface area contributed by atoms with Gasteiger partial charge < -0.3 is 47.8 Å². The Morgan fingerprint density at radius 3 is 2.30 bits per heavy atom. The molecule has 2 aliphatic rings. The van der Waals surface area contributed by atoms with Crippen LogP contribution in [0.4, 0.5) is 0 Å². The number of quaternary nitrogens is 1. The molecule has 5 nitrogen and oxygen atoms in total. The minimum Gasteiger partial charge on any atom is -1.00 e. The van der Waals surface area contributed by atoms with Crippen molar-refractivity contribution in [3.05, 3.63) is 34.9 Å². The fourth-order valence-electron chi connectivity index (χ4n) is 4.60. The summed E-state index contributed by atoms with van der Waals surface area (Å²) in [4.78, 5) is 0. The van der Waals surface area contributed by atoms with Crippen LogP contribution in [0.15, 0.2) is 18.2 Å². The van der Waals surface area contributed by atoms with Gasteiger partial charge in [-0.15, -0.1) is 0 Å². The number of methoxy groups -OCH3 is 3. The average Bonchev–Trinajstić information content (AvgIpc) is 2.64. The highest BCUT2D eigenvalue weighted by atomic mass is 127. The van der Waals surface area contributed by atoms with Gasteiger partial charge in [0.25, 0.3) is 0 Å². The highest BCUT2D eigenvalue weighted by Gasteiger charge is 2.44. The number of halogens is 1. The summed E-state index contributed by atoms with van der Waals surface area (Å²) in [6, 6.07) is 6.33. The lowest BCUT2D eigenvalue weighted by Crippen LogP contribution is -3.00. The Balaban J connectivity index is 0.00000210. The Morgan fingerprint density at radius 1 is 0.963 bits per heavy atom. The summed E-state index contributed by atoms with van der Waals surface area (Å²) < 4.78 is 17.7. The zero-order valence-corrected chi connectivity index (χ0v) is 18.6. The number of phenolic OH excluding ortho intramolecular Hbond substituents is 1. The van der Waals surface area contributed by atoms with Gasteiger partial charge in [0.15, 0.2) is 23.0 Å². The molecule has 146 valence electrons. The number of rotatable bonds is 3. The number of hydrogen-bond acceptors (Lipinski definition) is 4. The topological polar surface area (TPSA) is 47.9 Å². The molecule has 0 aromatic heterocycles. The van der Waals surface area contributed by atoms with Crippen LogP contribution >= 0.6 is 0 Å². The molecule has 2 aromatic rings. The maximum Gasteiger partial charge on any atom is 0.169 e. The molecule has 27 heavy (non-hydrogen) atoms. The van der Waals surface area contributed by atoms with Gasteiger partial charge in [-0.1, -0.05) is 6.07 Å². The van der Waals surface area contributed by atoms with Gasteiger partial charge in [-0.25, -0.2) is 0 Å². The summed E-state index contributed by atoms with van der Waals surface area (Å²) in [5.41, 5.74) is 5.44. The van der Waals surface area contributed by atoms with Crippen molar-refractivity contribution in [2.45, 2.75) is 18.9 Å². The van der Waals surface area contributed by atoms with Crippen molar-refractivity contribution in [3.8, 4) is 34.1 Å². The number of aromatic hydroxyl groups is 1. The van der Waals surface area contributed by atoms with Crippen LogP contribution in [0.3, 0.4) is 0 Å². The third-order valence-corrected chi connectivity index (χ3v) is 6.04. The first-order chi connectivity index (χ1) is 12.4. The van der Waals surface area contributed by atoms with Crippen LogP contribution in [0.5, 0.6) is 23.0 Å². The molecule has 2 aromatic carbocycles. The van der Waals surface area contributed by atoms with E-state index in [9.17, 15) is 5.11 Å². The second-order valence-electron chi connectivity index (χ2n) is 7.68. The van der Waals surface area contributed by atoms with E-state index in [2.05, 4.69) is 26.2 Å². The first-order valence-corrected chi connectivity index (χ1v) is 8.92. The van der Waals surface area contributed by atoms with Gasteiger partial charge in [0.1, 0.15) is 6.04 Å². The highest BCUT2D eigenvalue weighted by Crippen LogP contribution is 2.56. The number of fused-ring (bicyclic) bond motifs is 2. The lowest BCUT2D eigenvalue weighted by atomic mass is 9.75. The Labute approximate surface area is 177 Å². The van der Waals surface area contributed by atoms with E-state index in [-0.39, 0.29) is 29.7 Å². The van der Waals surface area contributed by atoms with Crippen molar-refractivity contribution in [2.75, 3.05) is 42.0 Å². The zero-order valence-electron chi connectivity index (χ0n) is 16.4. The maximum atomic E-state index is 10.9. The summed E-state index contributed by atoms with van der Waals surface area (Å²) in [6.45, 7) is 1.07. The summed E-state index contributed by atoms with van der Waals surface area (Å²) in [6.07, 6.45) is 1.86. The Bertz CT molecular complexity index is 894. The van der Waals surface area contributed by atoms with Crippen molar-refractivity contribution in [3.63, 3.8) is 0 Å². The molecule has 4 rings (SSSR count). The summed E-state index contributed by atoms with van der Waals surface area (Å²) in [7, 11) is 9.45. The first kappa shape index (κ1) is 20.1. The average molecular weight is 483 g/mol. The molecule has 0 fully saturated rings. The van der Waals surface area contributed by atoms with Crippen molar-refractivity contribution in [2.24, 2.45) is 0 Å². The number of benzene rings is 2. The molecule has 1 aliphatic heterocycles. The predicted octanol–water partition coefficient (Wildman–Crippen LogP) is 0.319. The summed E-state index contributed by atoms with van der Waals surface area (Å²) >= 11 is 0. The molecule has 1 atom stereocenters. The van der Waals surface area contributed by atoms with Gasteiger partial charge in [-0.2, -0.15) is 0 Å². The minimum absolute atomic E-state index is 0. The molecular weight excluding hydrogens is 457 g/mol. The monoisotopic (exact) mass is 483 g/mol. The highest BCUT2D eigenvalue weighted by molar-refractivity contribution is 5.88. The molecule has 1 unspecified atom stereocenters. The molecule has 0 saturated carbocycles. The van der Waals surface area contributed by atoms with Crippen molar-refractivity contribution < 1.29 is 47.8 Å². The van der Waals surface area contributed by atoms with Gasteiger partial charge in [0, 0.05) is 29.5 Å². The smallest absolute Gasteiger partial charge is 0.169 e. The fraction of sp³-hybridized carbons (Fsp3) is 0.429. The molecule has 0 bridgehead atoms. The van der Waals surface area contributed by atoms with Crippen molar-refractivity contribution >= 4 is 0 Å². The van der Waals surface area contributed by atoms with E-state index < -0.39 is 0 Å². The van der Waals surface area contributed by atoms with E-state index in [0.29, 0.717) is 23.3 Å². The van der Waals surface area contributed by atoms with Crippen LogP contribution < -0.4 is 38.2 Å². The molecular formula is C21H26INO4. The van der Waals surface area contributed by atoms with Gasteiger partial charge in [-0.05, 0) is 23.3 Å². The quantitative estimate of drug-likeness (QED) is 0.505. The van der Waals surface area contributed by atoms with E-state index in [1.54, 1.807) is 21.3 Å². The van der Waals surface area contributed by atoms with Crippen LogP contribution in [0.2, 0.25) is 0 Å². The lowest BCUT2D eigenvalue weighted by Gasteiger charge is -2.46. The summed E-state index contributed by atoms with van der Waals surface area (Å²) in [5.74, 6) is 2.04. The van der Waals surface area contributed by atoms with Crippen molar-refractivity contribution in [1.82, 2.24) is 0 Å². The van der Waals surface area contributed by atoms with Crippen LogP contribution in [-0.4, -0.2) is 51.6 Å². The molecule has 1 heterocycles. The Morgan fingerprint density at radius 2 is 1.67 bits per heavy atom. The SMILES string of the molecule is COc1ccc2c(c1O)-c1c(OC)c(OC)cc3c1C(C2)[N+](C)(C)CC3.[I-]. The summed E-state index contributed by atoms with van der Waals surface area (Å²) in [5, 5.41) is 10.9. The van der Waals surface area contributed by atoms with E-state index in [0.717, 1.165) is 40.6 Å². The molecule has 0 spiro atoms. The predicted molar refractivity (Wildman–Crippen MR) is 100 cm³/mol. The fourth-order valence-corrected chi connectivity index (χ4v) is 4.60. The third kappa shape index (κ3) is 2.84. The standard InChI is InChI=1S/C21H25NO4.HI/c1-22(2)9-8-13-11-16(25-4)21(26-5)19-17(13)14(22)10-12-6-7-15(24-3)20(23)18(12)19;/h6-7,11,14H,8-10H2,1-5H3;1H. The number of ether oxygens (including phenoxy) is 3. The van der Waals surface area contributed by atoms with Crippen LogP contribution in [0, 0.1) is 0 Å². The number of nitrogens with zero attached hydrogens (tertiary/aromatic N) is 1. The molecule has 0 radical (unpaired) electrons. The molecule has 0 amide bonds. The van der Waals surface area contributed by atoms with E-state index in [1.165, 1.54) is 11.1 Å². The van der Waals surface area contributed by atoms with Crippen molar-refractivity contribution in [1.29, 1.82) is 0 Å². The van der Waals surface area contributed by atoms with Gasteiger partial charge >= 0.3 is 0 Å².